The van der Waals surface area contributed by atoms with E-state index in [0.29, 0.717) is 5.78 Å². The molecular weight excluding hydrogens is 244 g/mol. The standard InChI is InChI=1S/C19H26O/c20-19(16-9-4-2-1-3-5-10-16)18-13-12-15-8-6-7-11-17(15)14-18/h12-14,16H,1-11H2. The number of Topliss-reactive ketones (excluding diaryl/α,β-unsaturated/α-hetero) is 1. The maximum Gasteiger partial charge on any atom is 0.165 e. The summed E-state index contributed by atoms with van der Waals surface area (Å²) in [4.78, 5) is 12.8. The van der Waals surface area contributed by atoms with Crippen molar-refractivity contribution < 1.29 is 4.79 Å². The van der Waals surface area contributed by atoms with E-state index in [4.69, 9.17) is 0 Å². The van der Waals surface area contributed by atoms with E-state index in [-0.39, 0.29) is 5.92 Å². The molecule has 108 valence electrons. The molecule has 2 aliphatic carbocycles. The number of rotatable bonds is 2. The first-order valence-corrected chi connectivity index (χ1v) is 8.50. The van der Waals surface area contributed by atoms with Gasteiger partial charge in [-0.2, -0.15) is 0 Å². The van der Waals surface area contributed by atoms with E-state index in [1.807, 2.05) is 0 Å². The summed E-state index contributed by atoms with van der Waals surface area (Å²) in [5.41, 5.74) is 3.90. The molecule has 1 saturated carbocycles. The Morgan fingerprint density at radius 3 is 2.20 bits per heavy atom. The van der Waals surface area contributed by atoms with Crippen LogP contribution < -0.4 is 0 Å². The second kappa shape index (κ2) is 6.56. The van der Waals surface area contributed by atoms with E-state index in [0.717, 1.165) is 18.4 Å². The fourth-order valence-electron chi connectivity index (χ4n) is 3.84. The minimum Gasteiger partial charge on any atom is -0.294 e. The van der Waals surface area contributed by atoms with Crippen molar-refractivity contribution in [3.8, 4) is 0 Å². The number of ketones is 1. The zero-order valence-corrected chi connectivity index (χ0v) is 12.5. The van der Waals surface area contributed by atoms with Gasteiger partial charge in [-0.1, -0.05) is 44.2 Å². The third-order valence-electron chi connectivity index (χ3n) is 5.11. The van der Waals surface area contributed by atoms with Crippen LogP contribution in [0.1, 0.15) is 79.3 Å². The van der Waals surface area contributed by atoms with Crippen molar-refractivity contribution >= 4 is 5.78 Å². The molecule has 0 aromatic heterocycles. The van der Waals surface area contributed by atoms with Gasteiger partial charge in [0.25, 0.3) is 0 Å². The average Bonchev–Trinajstić information content (AvgIpc) is 2.46. The molecule has 0 radical (unpaired) electrons. The Morgan fingerprint density at radius 2 is 1.45 bits per heavy atom. The van der Waals surface area contributed by atoms with Gasteiger partial charge >= 0.3 is 0 Å². The fourth-order valence-corrected chi connectivity index (χ4v) is 3.84. The predicted molar refractivity (Wildman–Crippen MR) is 83.2 cm³/mol. The summed E-state index contributed by atoms with van der Waals surface area (Å²) in [7, 11) is 0. The summed E-state index contributed by atoms with van der Waals surface area (Å²) in [5.74, 6) is 0.706. The zero-order chi connectivity index (χ0) is 13.8. The molecule has 0 spiro atoms. The smallest absolute Gasteiger partial charge is 0.165 e. The number of hydrogen-bond acceptors (Lipinski definition) is 1. The average molecular weight is 270 g/mol. The number of carbonyl (C=O) groups is 1. The molecule has 0 heterocycles. The van der Waals surface area contributed by atoms with Gasteiger partial charge in [-0.25, -0.2) is 0 Å². The van der Waals surface area contributed by atoms with Crippen LogP contribution in [0.15, 0.2) is 18.2 Å². The molecule has 0 N–H and O–H groups in total. The Labute approximate surface area is 122 Å². The largest absolute Gasteiger partial charge is 0.294 e. The van der Waals surface area contributed by atoms with E-state index in [9.17, 15) is 4.79 Å². The van der Waals surface area contributed by atoms with Crippen molar-refractivity contribution in [3.63, 3.8) is 0 Å². The minimum absolute atomic E-state index is 0.289. The Bertz CT molecular complexity index is 467. The second-order valence-electron chi connectivity index (χ2n) is 6.60. The van der Waals surface area contributed by atoms with Crippen LogP contribution in [0.4, 0.5) is 0 Å². The third kappa shape index (κ3) is 3.13. The Hall–Kier alpha value is -1.11. The van der Waals surface area contributed by atoms with Crippen molar-refractivity contribution in [3.05, 3.63) is 34.9 Å². The molecule has 2 aliphatic rings. The van der Waals surface area contributed by atoms with Crippen molar-refractivity contribution in [2.24, 2.45) is 5.92 Å². The maximum absolute atomic E-state index is 12.8. The highest BCUT2D eigenvalue weighted by atomic mass is 16.1. The molecule has 1 aromatic rings. The first-order chi connectivity index (χ1) is 9.84. The van der Waals surface area contributed by atoms with Crippen LogP contribution in [-0.2, 0) is 12.8 Å². The van der Waals surface area contributed by atoms with Crippen LogP contribution in [0, 0.1) is 5.92 Å². The van der Waals surface area contributed by atoms with Crippen molar-refractivity contribution in [2.75, 3.05) is 0 Å². The van der Waals surface area contributed by atoms with E-state index < -0.39 is 0 Å². The zero-order valence-electron chi connectivity index (χ0n) is 12.5. The summed E-state index contributed by atoms with van der Waals surface area (Å²) in [6.07, 6.45) is 13.6. The van der Waals surface area contributed by atoms with E-state index in [2.05, 4.69) is 18.2 Å². The van der Waals surface area contributed by atoms with Crippen molar-refractivity contribution in [1.82, 2.24) is 0 Å². The van der Waals surface area contributed by atoms with E-state index >= 15 is 0 Å². The fraction of sp³-hybridized carbons (Fsp3) is 0.632. The number of fused-ring (bicyclic) bond motifs is 1. The molecule has 3 rings (SSSR count). The van der Waals surface area contributed by atoms with Crippen LogP contribution >= 0.6 is 0 Å². The van der Waals surface area contributed by atoms with Gasteiger partial charge in [0, 0.05) is 11.5 Å². The number of hydrogen-bond donors (Lipinski definition) is 0. The molecule has 0 atom stereocenters. The Kier molecular flexibility index (Phi) is 4.54. The van der Waals surface area contributed by atoms with Gasteiger partial charge in [-0.15, -0.1) is 0 Å². The van der Waals surface area contributed by atoms with Gasteiger partial charge < -0.3 is 0 Å². The second-order valence-corrected chi connectivity index (χ2v) is 6.60. The molecule has 0 unspecified atom stereocenters. The Balaban J connectivity index is 1.75. The highest BCUT2D eigenvalue weighted by Gasteiger charge is 2.21. The van der Waals surface area contributed by atoms with Gasteiger partial charge in [0.15, 0.2) is 5.78 Å². The van der Waals surface area contributed by atoms with Crippen LogP contribution in [0.25, 0.3) is 0 Å². The first kappa shape index (κ1) is 13.9. The molecular formula is C19H26O. The highest BCUT2D eigenvalue weighted by molar-refractivity contribution is 5.98. The molecule has 0 saturated heterocycles. The summed E-state index contributed by atoms with van der Waals surface area (Å²) in [6, 6.07) is 6.51. The van der Waals surface area contributed by atoms with Crippen LogP contribution in [0.5, 0.6) is 0 Å². The lowest BCUT2D eigenvalue weighted by Gasteiger charge is -2.20. The summed E-state index contributed by atoms with van der Waals surface area (Å²) >= 11 is 0. The topological polar surface area (TPSA) is 17.1 Å². The predicted octanol–water partition coefficient (Wildman–Crippen LogP) is 5.11. The summed E-state index contributed by atoms with van der Waals surface area (Å²) in [5, 5.41) is 0. The lowest BCUT2D eigenvalue weighted by molar-refractivity contribution is 0.0898. The van der Waals surface area contributed by atoms with Gasteiger partial charge in [0.1, 0.15) is 0 Å². The van der Waals surface area contributed by atoms with E-state index in [1.54, 1.807) is 0 Å². The molecule has 0 bridgehead atoms. The van der Waals surface area contributed by atoms with Crippen LogP contribution in [0.2, 0.25) is 0 Å². The van der Waals surface area contributed by atoms with Gasteiger partial charge in [0.05, 0.1) is 0 Å². The molecule has 1 fully saturated rings. The SMILES string of the molecule is O=C(c1ccc2c(c1)CCCC2)C1CCCCCCC1. The molecule has 0 aliphatic heterocycles. The Morgan fingerprint density at radius 1 is 0.800 bits per heavy atom. The first-order valence-electron chi connectivity index (χ1n) is 8.50. The van der Waals surface area contributed by atoms with Gasteiger partial charge in [0.2, 0.25) is 0 Å². The quantitative estimate of drug-likeness (QED) is 0.683. The summed E-state index contributed by atoms with van der Waals surface area (Å²) < 4.78 is 0. The third-order valence-corrected chi connectivity index (χ3v) is 5.11. The van der Waals surface area contributed by atoms with E-state index in [1.165, 1.54) is 68.9 Å². The monoisotopic (exact) mass is 270 g/mol. The number of benzene rings is 1. The number of aryl methyl sites for hydroxylation is 2. The maximum atomic E-state index is 12.8. The van der Waals surface area contributed by atoms with Crippen LogP contribution in [-0.4, -0.2) is 5.78 Å². The van der Waals surface area contributed by atoms with Gasteiger partial charge in [-0.3, -0.25) is 4.79 Å². The van der Waals surface area contributed by atoms with Crippen molar-refractivity contribution in [1.29, 1.82) is 0 Å². The van der Waals surface area contributed by atoms with Crippen molar-refractivity contribution in [2.45, 2.75) is 70.6 Å². The van der Waals surface area contributed by atoms with Crippen LogP contribution in [0.3, 0.4) is 0 Å². The lowest BCUT2D eigenvalue weighted by Crippen LogP contribution is -2.17. The summed E-state index contributed by atoms with van der Waals surface area (Å²) in [6.45, 7) is 0. The lowest BCUT2D eigenvalue weighted by atomic mass is 9.83. The normalized spacial score (nSPS) is 20.8. The molecule has 0 amide bonds. The number of carbonyl (C=O) groups excluding carboxylic acids is 1. The molecule has 1 heteroatoms. The van der Waals surface area contributed by atoms with Gasteiger partial charge in [-0.05, 0) is 55.7 Å². The molecule has 1 nitrogen and oxygen atoms in total. The molecule has 1 aromatic carbocycles. The molecule has 20 heavy (non-hydrogen) atoms. The highest BCUT2D eigenvalue weighted by Crippen LogP contribution is 2.28. The minimum atomic E-state index is 0.289.